The van der Waals surface area contributed by atoms with E-state index in [2.05, 4.69) is 38.3 Å². The SMILES string of the molecule is Cn1ncnc1Cn1cccc1CNC1CC1. The third-order valence-electron chi connectivity index (χ3n) is 3.19. The molecule has 1 fully saturated rings. The van der Waals surface area contributed by atoms with Gasteiger partial charge in [0.1, 0.15) is 12.2 Å². The topological polar surface area (TPSA) is 47.7 Å². The first-order valence-corrected chi connectivity index (χ1v) is 6.03. The van der Waals surface area contributed by atoms with Gasteiger partial charge in [0.15, 0.2) is 0 Å². The molecule has 0 atom stereocenters. The molecule has 5 nitrogen and oxygen atoms in total. The highest BCUT2D eigenvalue weighted by molar-refractivity contribution is 5.09. The lowest BCUT2D eigenvalue weighted by molar-refractivity contribution is 0.604. The average molecular weight is 231 g/mol. The van der Waals surface area contributed by atoms with Gasteiger partial charge < -0.3 is 9.88 Å². The van der Waals surface area contributed by atoms with Crippen molar-refractivity contribution in [1.82, 2.24) is 24.6 Å². The zero-order valence-electron chi connectivity index (χ0n) is 10.0. The third-order valence-corrected chi connectivity index (χ3v) is 3.19. The van der Waals surface area contributed by atoms with E-state index in [9.17, 15) is 0 Å². The zero-order chi connectivity index (χ0) is 11.7. The number of nitrogens with one attached hydrogen (secondary N) is 1. The summed E-state index contributed by atoms with van der Waals surface area (Å²) in [5.41, 5.74) is 1.31. The van der Waals surface area contributed by atoms with Crippen LogP contribution in [0.15, 0.2) is 24.7 Å². The van der Waals surface area contributed by atoms with Gasteiger partial charge in [0, 0.05) is 31.5 Å². The summed E-state index contributed by atoms with van der Waals surface area (Å²) in [6.07, 6.45) is 6.34. The summed E-state index contributed by atoms with van der Waals surface area (Å²) >= 11 is 0. The minimum atomic E-state index is 0.744. The molecule has 0 radical (unpaired) electrons. The van der Waals surface area contributed by atoms with Gasteiger partial charge in [-0.2, -0.15) is 5.10 Å². The van der Waals surface area contributed by atoms with Crippen LogP contribution < -0.4 is 5.32 Å². The fourth-order valence-corrected chi connectivity index (χ4v) is 1.92. The van der Waals surface area contributed by atoms with Crippen molar-refractivity contribution in [2.24, 2.45) is 7.05 Å². The molecule has 1 aliphatic rings. The van der Waals surface area contributed by atoms with Crippen molar-refractivity contribution in [3.63, 3.8) is 0 Å². The van der Waals surface area contributed by atoms with Crippen LogP contribution in [-0.2, 0) is 20.1 Å². The molecule has 0 aliphatic heterocycles. The second-order valence-corrected chi connectivity index (χ2v) is 4.58. The summed E-state index contributed by atoms with van der Waals surface area (Å²) < 4.78 is 4.04. The van der Waals surface area contributed by atoms with Crippen molar-refractivity contribution in [3.05, 3.63) is 36.2 Å². The molecule has 0 amide bonds. The Hall–Kier alpha value is -1.62. The summed E-state index contributed by atoms with van der Waals surface area (Å²) in [7, 11) is 1.92. The number of aryl methyl sites for hydroxylation is 1. The van der Waals surface area contributed by atoms with Crippen LogP contribution in [-0.4, -0.2) is 25.4 Å². The fraction of sp³-hybridized carbons (Fsp3) is 0.500. The van der Waals surface area contributed by atoms with E-state index < -0.39 is 0 Å². The van der Waals surface area contributed by atoms with Gasteiger partial charge in [-0.1, -0.05) is 0 Å². The van der Waals surface area contributed by atoms with Gasteiger partial charge in [-0.3, -0.25) is 4.68 Å². The van der Waals surface area contributed by atoms with Crippen molar-refractivity contribution in [2.75, 3.05) is 0 Å². The second-order valence-electron chi connectivity index (χ2n) is 4.58. The highest BCUT2D eigenvalue weighted by Crippen LogP contribution is 2.19. The van der Waals surface area contributed by atoms with E-state index in [1.165, 1.54) is 18.5 Å². The largest absolute Gasteiger partial charge is 0.343 e. The smallest absolute Gasteiger partial charge is 0.146 e. The normalized spacial score (nSPS) is 15.4. The number of rotatable bonds is 5. The first-order chi connectivity index (χ1) is 8.33. The van der Waals surface area contributed by atoms with E-state index in [1.54, 1.807) is 6.33 Å². The molecule has 5 heteroatoms. The standard InChI is InChI=1S/C12H17N5/c1-16-12(14-9-15-16)8-17-6-2-3-11(17)7-13-10-4-5-10/h2-3,6,9-10,13H,4-5,7-8H2,1H3. The lowest BCUT2D eigenvalue weighted by atomic mass is 10.4. The van der Waals surface area contributed by atoms with E-state index in [-0.39, 0.29) is 0 Å². The number of nitrogens with zero attached hydrogens (tertiary/aromatic N) is 4. The van der Waals surface area contributed by atoms with Crippen molar-refractivity contribution in [1.29, 1.82) is 0 Å². The fourth-order valence-electron chi connectivity index (χ4n) is 1.92. The maximum Gasteiger partial charge on any atom is 0.146 e. The zero-order valence-corrected chi connectivity index (χ0v) is 10.0. The molecule has 0 spiro atoms. The Morgan fingerprint density at radius 2 is 2.35 bits per heavy atom. The van der Waals surface area contributed by atoms with Crippen LogP contribution in [0.1, 0.15) is 24.4 Å². The van der Waals surface area contributed by atoms with E-state index in [1.807, 2.05) is 11.7 Å². The van der Waals surface area contributed by atoms with Crippen molar-refractivity contribution < 1.29 is 0 Å². The first-order valence-electron chi connectivity index (χ1n) is 6.03. The average Bonchev–Trinajstić information content (AvgIpc) is 2.92. The van der Waals surface area contributed by atoms with Crippen LogP contribution in [0.25, 0.3) is 0 Å². The van der Waals surface area contributed by atoms with Crippen LogP contribution in [0.5, 0.6) is 0 Å². The predicted octanol–water partition coefficient (Wildman–Crippen LogP) is 0.917. The molecular weight excluding hydrogens is 214 g/mol. The Morgan fingerprint density at radius 3 is 3.06 bits per heavy atom. The van der Waals surface area contributed by atoms with Gasteiger partial charge in [-0.25, -0.2) is 4.98 Å². The summed E-state index contributed by atoms with van der Waals surface area (Å²) in [4.78, 5) is 4.25. The van der Waals surface area contributed by atoms with Crippen molar-refractivity contribution in [2.45, 2.75) is 32.0 Å². The van der Waals surface area contributed by atoms with Crippen molar-refractivity contribution in [3.8, 4) is 0 Å². The van der Waals surface area contributed by atoms with E-state index >= 15 is 0 Å². The van der Waals surface area contributed by atoms with Crippen LogP contribution in [0.3, 0.4) is 0 Å². The minimum absolute atomic E-state index is 0.744. The molecule has 0 saturated heterocycles. The molecular formula is C12H17N5. The van der Waals surface area contributed by atoms with Crippen molar-refractivity contribution >= 4 is 0 Å². The minimum Gasteiger partial charge on any atom is -0.343 e. The molecule has 0 aromatic carbocycles. The molecule has 2 aromatic heterocycles. The van der Waals surface area contributed by atoms with E-state index in [0.717, 1.165) is 25.0 Å². The lowest BCUT2D eigenvalue weighted by Crippen LogP contribution is -2.18. The summed E-state index contributed by atoms with van der Waals surface area (Å²) in [6, 6.07) is 4.99. The molecule has 1 N–H and O–H groups in total. The van der Waals surface area contributed by atoms with Crippen LogP contribution >= 0.6 is 0 Å². The molecule has 0 bridgehead atoms. The first kappa shape index (κ1) is 10.5. The van der Waals surface area contributed by atoms with Crippen LogP contribution in [0.4, 0.5) is 0 Å². The molecule has 3 rings (SSSR count). The maximum absolute atomic E-state index is 4.25. The number of hydrogen-bond donors (Lipinski definition) is 1. The summed E-state index contributed by atoms with van der Waals surface area (Å²) in [6.45, 7) is 1.72. The van der Waals surface area contributed by atoms with Crippen LogP contribution in [0.2, 0.25) is 0 Å². The Kier molecular flexibility index (Phi) is 2.68. The van der Waals surface area contributed by atoms with Gasteiger partial charge in [-0.15, -0.1) is 0 Å². The Labute approximate surface area is 100 Å². The van der Waals surface area contributed by atoms with E-state index in [4.69, 9.17) is 0 Å². The van der Waals surface area contributed by atoms with Gasteiger partial charge in [0.05, 0.1) is 6.54 Å². The Balaban J connectivity index is 1.69. The molecule has 2 aromatic rings. The molecule has 0 unspecified atom stereocenters. The van der Waals surface area contributed by atoms with Gasteiger partial charge in [0.2, 0.25) is 0 Å². The monoisotopic (exact) mass is 231 g/mol. The number of aromatic nitrogens is 4. The highest BCUT2D eigenvalue weighted by Gasteiger charge is 2.20. The third kappa shape index (κ3) is 2.39. The highest BCUT2D eigenvalue weighted by atomic mass is 15.3. The Bertz CT molecular complexity index is 494. The molecule has 17 heavy (non-hydrogen) atoms. The van der Waals surface area contributed by atoms with Gasteiger partial charge in [0.25, 0.3) is 0 Å². The molecule has 1 saturated carbocycles. The summed E-state index contributed by atoms with van der Waals surface area (Å²) in [5, 5.41) is 7.62. The van der Waals surface area contributed by atoms with Crippen LogP contribution in [0, 0.1) is 0 Å². The molecule has 1 aliphatic carbocycles. The second kappa shape index (κ2) is 4.33. The molecule has 90 valence electrons. The maximum atomic E-state index is 4.25. The predicted molar refractivity (Wildman–Crippen MR) is 64.4 cm³/mol. The molecule has 2 heterocycles. The van der Waals surface area contributed by atoms with Gasteiger partial charge in [-0.05, 0) is 25.0 Å². The Morgan fingerprint density at radius 1 is 1.47 bits per heavy atom. The quantitative estimate of drug-likeness (QED) is 0.832. The van der Waals surface area contributed by atoms with Gasteiger partial charge >= 0.3 is 0 Å². The lowest BCUT2D eigenvalue weighted by Gasteiger charge is -2.09. The number of hydrogen-bond acceptors (Lipinski definition) is 3. The van der Waals surface area contributed by atoms with E-state index in [0.29, 0.717) is 0 Å². The summed E-state index contributed by atoms with van der Waals surface area (Å²) in [5.74, 6) is 0.980.